The van der Waals surface area contributed by atoms with Crippen molar-refractivity contribution in [2.45, 2.75) is 12.8 Å². The van der Waals surface area contributed by atoms with E-state index in [4.69, 9.17) is 26.8 Å². The fourth-order valence-corrected chi connectivity index (χ4v) is 2.60. The monoisotopic (exact) mass is 404 g/mol. The summed E-state index contributed by atoms with van der Waals surface area (Å²) < 4.78 is 48.6. The van der Waals surface area contributed by atoms with Crippen molar-refractivity contribution in [3.05, 3.63) is 46.2 Å². The van der Waals surface area contributed by atoms with E-state index in [-0.39, 0.29) is 42.1 Å². The average molecular weight is 405 g/mol. The van der Waals surface area contributed by atoms with E-state index in [0.29, 0.717) is 0 Å². The number of methoxy groups -OCH3 is 1. The first-order valence-electron chi connectivity index (χ1n) is 7.62. The molecule has 0 saturated carbocycles. The second-order valence-corrected chi connectivity index (χ2v) is 5.79. The van der Waals surface area contributed by atoms with E-state index < -0.39 is 28.7 Å². The molecule has 1 aromatic heterocycles. The number of hydrogen-bond acceptors (Lipinski definition) is 5. The standard InChI is InChI=1S/C17H16ClF3N2O4/c1-26-6-7-27-8-12-9(2-3-11(14(12)24)16(22)25)10-4-5-13(17(19,20)21)23-15(10)18/h2-5,24H,6-8H2,1H3,(H2,22,25). The minimum absolute atomic E-state index is 0.140. The predicted molar refractivity (Wildman–Crippen MR) is 91.4 cm³/mol. The average Bonchev–Trinajstić information content (AvgIpc) is 2.58. The van der Waals surface area contributed by atoms with Crippen LogP contribution in [0.2, 0.25) is 5.15 Å². The zero-order valence-electron chi connectivity index (χ0n) is 14.1. The molecule has 0 atom stereocenters. The van der Waals surface area contributed by atoms with Gasteiger partial charge < -0.3 is 20.3 Å². The molecule has 2 aromatic rings. The Bertz CT molecular complexity index is 844. The highest BCUT2D eigenvalue weighted by Crippen LogP contribution is 2.38. The maximum Gasteiger partial charge on any atom is 0.433 e. The molecule has 6 nitrogen and oxygen atoms in total. The van der Waals surface area contributed by atoms with Crippen molar-refractivity contribution in [2.24, 2.45) is 5.73 Å². The number of aromatic nitrogens is 1. The largest absolute Gasteiger partial charge is 0.507 e. The number of pyridine rings is 1. The molecule has 0 spiro atoms. The van der Waals surface area contributed by atoms with E-state index in [9.17, 15) is 23.1 Å². The maximum atomic E-state index is 12.8. The summed E-state index contributed by atoms with van der Waals surface area (Å²) >= 11 is 5.94. The zero-order chi connectivity index (χ0) is 20.2. The van der Waals surface area contributed by atoms with Gasteiger partial charge in [-0.05, 0) is 23.8 Å². The summed E-state index contributed by atoms with van der Waals surface area (Å²) in [4.78, 5) is 14.8. The maximum absolute atomic E-state index is 12.8. The molecule has 146 valence electrons. The number of phenols is 1. The van der Waals surface area contributed by atoms with E-state index in [0.717, 1.165) is 12.1 Å². The first kappa shape index (κ1) is 20.9. The quantitative estimate of drug-likeness (QED) is 0.545. The van der Waals surface area contributed by atoms with Gasteiger partial charge in [0.25, 0.3) is 5.91 Å². The number of rotatable bonds is 7. The van der Waals surface area contributed by atoms with Crippen molar-refractivity contribution in [3.63, 3.8) is 0 Å². The van der Waals surface area contributed by atoms with Crippen LogP contribution < -0.4 is 5.73 Å². The van der Waals surface area contributed by atoms with Crippen molar-refractivity contribution in [1.82, 2.24) is 4.98 Å². The van der Waals surface area contributed by atoms with Crippen LogP contribution in [0.5, 0.6) is 5.75 Å². The molecule has 0 aliphatic rings. The van der Waals surface area contributed by atoms with Crippen molar-refractivity contribution in [2.75, 3.05) is 20.3 Å². The molecule has 3 N–H and O–H groups in total. The molecule has 1 aromatic carbocycles. The van der Waals surface area contributed by atoms with Crippen LogP contribution in [0.1, 0.15) is 21.6 Å². The molecule has 1 heterocycles. The summed E-state index contributed by atoms with van der Waals surface area (Å²) in [6.45, 7) is 0.326. The highest BCUT2D eigenvalue weighted by Gasteiger charge is 2.33. The van der Waals surface area contributed by atoms with Gasteiger partial charge in [-0.2, -0.15) is 13.2 Å². The van der Waals surface area contributed by atoms with Crippen molar-refractivity contribution >= 4 is 17.5 Å². The molecule has 27 heavy (non-hydrogen) atoms. The lowest BCUT2D eigenvalue weighted by Crippen LogP contribution is -2.13. The number of nitrogens with two attached hydrogens (primary N) is 1. The van der Waals surface area contributed by atoms with Crippen molar-refractivity contribution in [1.29, 1.82) is 0 Å². The van der Waals surface area contributed by atoms with Crippen LogP contribution in [-0.4, -0.2) is 36.3 Å². The molecular weight excluding hydrogens is 389 g/mol. The van der Waals surface area contributed by atoms with Crippen LogP contribution >= 0.6 is 11.6 Å². The lowest BCUT2D eigenvalue weighted by Gasteiger charge is -2.16. The van der Waals surface area contributed by atoms with Crippen LogP contribution in [0.4, 0.5) is 13.2 Å². The molecule has 0 bridgehead atoms. The third-order valence-electron chi connectivity index (χ3n) is 3.66. The third-order valence-corrected chi connectivity index (χ3v) is 3.94. The van der Waals surface area contributed by atoms with E-state index in [1.807, 2.05) is 0 Å². The van der Waals surface area contributed by atoms with E-state index in [1.165, 1.54) is 19.2 Å². The van der Waals surface area contributed by atoms with Gasteiger partial charge in [0.15, 0.2) is 0 Å². The second-order valence-electron chi connectivity index (χ2n) is 5.43. The lowest BCUT2D eigenvalue weighted by atomic mass is 9.97. The third kappa shape index (κ3) is 4.88. The Balaban J connectivity index is 2.52. The van der Waals surface area contributed by atoms with E-state index in [1.54, 1.807) is 0 Å². The smallest absolute Gasteiger partial charge is 0.433 e. The number of aromatic hydroxyl groups is 1. The fraction of sp³-hybridized carbons (Fsp3) is 0.294. The Labute approximate surface area is 157 Å². The number of amides is 1. The Morgan fingerprint density at radius 1 is 1.22 bits per heavy atom. The van der Waals surface area contributed by atoms with Gasteiger partial charge >= 0.3 is 6.18 Å². The SMILES string of the molecule is COCCOCc1c(-c2ccc(C(F)(F)F)nc2Cl)ccc(C(N)=O)c1O. The molecule has 1 amide bonds. The minimum Gasteiger partial charge on any atom is -0.507 e. The number of carbonyl (C=O) groups is 1. The number of alkyl halides is 3. The van der Waals surface area contributed by atoms with Gasteiger partial charge in [-0.15, -0.1) is 0 Å². The Morgan fingerprint density at radius 3 is 2.44 bits per heavy atom. The van der Waals surface area contributed by atoms with Crippen molar-refractivity contribution < 1.29 is 32.5 Å². The normalized spacial score (nSPS) is 11.6. The van der Waals surface area contributed by atoms with E-state index in [2.05, 4.69) is 4.98 Å². The highest BCUT2D eigenvalue weighted by atomic mass is 35.5. The van der Waals surface area contributed by atoms with Gasteiger partial charge in [-0.1, -0.05) is 17.7 Å². The number of carbonyl (C=O) groups excluding carboxylic acids is 1. The summed E-state index contributed by atoms with van der Waals surface area (Å²) in [7, 11) is 1.48. The minimum atomic E-state index is -4.65. The van der Waals surface area contributed by atoms with Gasteiger partial charge in [-0.3, -0.25) is 4.79 Å². The Morgan fingerprint density at radius 2 is 1.89 bits per heavy atom. The number of nitrogens with zero attached hydrogens (tertiary/aromatic N) is 1. The van der Waals surface area contributed by atoms with Crippen LogP contribution in [0.25, 0.3) is 11.1 Å². The van der Waals surface area contributed by atoms with Gasteiger partial charge in [0.2, 0.25) is 0 Å². The van der Waals surface area contributed by atoms with Crippen LogP contribution in [0, 0.1) is 0 Å². The first-order valence-corrected chi connectivity index (χ1v) is 8.00. The molecule has 0 aliphatic heterocycles. The first-order chi connectivity index (χ1) is 12.7. The Hall–Kier alpha value is -2.36. The summed E-state index contributed by atoms with van der Waals surface area (Å²) in [5, 5.41) is 9.97. The number of primary amides is 1. The summed E-state index contributed by atoms with van der Waals surface area (Å²) in [5.41, 5.74) is 4.47. The number of hydrogen-bond donors (Lipinski definition) is 2. The van der Waals surface area contributed by atoms with Gasteiger partial charge in [-0.25, -0.2) is 4.98 Å². The molecule has 0 fully saturated rings. The summed E-state index contributed by atoms with van der Waals surface area (Å²) in [6.07, 6.45) is -4.65. The lowest BCUT2D eigenvalue weighted by molar-refractivity contribution is -0.141. The summed E-state index contributed by atoms with van der Waals surface area (Å²) in [6, 6.07) is 4.57. The fourth-order valence-electron chi connectivity index (χ4n) is 2.34. The molecule has 0 saturated heterocycles. The molecule has 0 radical (unpaired) electrons. The number of halogens is 4. The second kappa shape index (κ2) is 8.55. The molecule has 10 heteroatoms. The molecule has 2 rings (SSSR count). The molecule has 0 aliphatic carbocycles. The van der Waals surface area contributed by atoms with Crippen LogP contribution in [-0.2, 0) is 22.3 Å². The summed E-state index contributed by atoms with van der Waals surface area (Å²) in [5.74, 6) is -1.30. The van der Waals surface area contributed by atoms with E-state index >= 15 is 0 Å². The van der Waals surface area contributed by atoms with Gasteiger partial charge in [0, 0.05) is 18.2 Å². The molecular formula is C17H16ClF3N2O4. The topological polar surface area (TPSA) is 94.7 Å². The number of ether oxygens (including phenoxy) is 2. The van der Waals surface area contributed by atoms with Crippen LogP contribution in [0.15, 0.2) is 24.3 Å². The Kier molecular flexibility index (Phi) is 6.63. The molecule has 0 unspecified atom stereocenters. The van der Waals surface area contributed by atoms with Gasteiger partial charge in [0.05, 0.1) is 25.4 Å². The predicted octanol–water partition coefficient (Wildman–Crippen LogP) is 3.39. The van der Waals surface area contributed by atoms with Gasteiger partial charge in [0.1, 0.15) is 16.6 Å². The van der Waals surface area contributed by atoms with Crippen LogP contribution in [0.3, 0.4) is 0 Å². The van der Waals surface area contributed by atoms with Crippen molar-refractivity contribution in [3.8, 4) is 16.9 Å². The highest BCUT2D eigenvalue weighted by molar-refractivity contribution is 6.32. The zero-order valence-corrected chi connectivity index (χ0v) is 14.9. The number of benzene rings is 1.